The molecule has 6 heteroatoms. The Kier molecular flexibility index (Phi) is 2.95. The van der Waals surface area contributed by atoms with Gasteiger partial charge in [-0.15, -0.1) is 0 Å². The molecule has 98 valence electrons. The van der Waals surface area contributed by atoms with Gasteiger partial charge in [0.15, 0.2) is 0 Å². The second kappa shape index (κ2) is 4.07. The summed E-state index contributed by atoms with van der Waals surface area (Å²) in [5.41, 5.74) is -0.807. The summed E-state index contributed by atoms with van der Waals surface area (Å²) in [6, 6.07) is 6.14. The van der Waals surface area contributed by atoms with Crippen molar-refractivity contribution in [1.82, 2.24) is 4.31 Å². The van der Waals surface area contributed by atoms with E-state index in [-0.39, 0.29) is 23.4 Å². The largest absolute Gasteiger partial charge is 0.390 e. The average molecular weight is 269 g/mol. The SMILES string of the molecule is CC(C)(O)CCN1C(=O)c2ccccc2S1(=O)=O. The highest BCUT2D eigenvalue weighted by Crippen LogP contribution is 2.30. The van der Waals surface area contributed by atoms with Gasteiger partial charge in [-0.3, -0.25) is 4.79 Å². The van der Waals surface area contributed by atoms with Crippen molar-refractivity contribution in [3.63, 3.8) is 0 Å². The molecular formula is C12H15NO4S. The summed E-state index contributed by atoms with van der Waals surface area (Å²) in [6.07, 6.45) is 0.200. The van der Waals surface area contributed by atoms with Crippen molar-refractivity contribution in [3.05, 3.63) is 29.8 Å². The van der Waals surface area contributed by atoms with Gasteiger partial charge in [0.1, 0.15) is 4.90 Å². The molecule has 1 N–H and O–H groups in total. The average Bonchev–Trinajstić information content (AvgIpc) is 2.45. The predicted octanol–water partition coefficient (Wildman–Crippen LogP) is 0.992. The predicted molar refractivity (Wildman–Crippen MR) is 65.6 cm³/mol. The second-order valence-corrected chi connectivity index (χ2v) is 6.77. The maximum Gasteiger partial charge on any atom is 0.269 e. The number of amides is 1. The molecule has 1 amide bonds. The Hall–Kier alpha value is -1.40. The van der Waals surface area contributed by atoms with E-state index in [1.165, 1.54) is 12.1 Å². The standard InChI is InChI=1S/C12H15NO4S/c1-12(2,15)7-8-13-11(14)9-5-3-4-6-10(9)18(13,16)17/h3-6,15H,7-8H2,1-2H3. The van der Waals surface area contributed by atoms with Gasteiger partial charge in [0.25, 0.3) is 15.9 Å². The molecule has 2 rings (SSSR count). The number of benzene rings is 1. The minimum absolute atomic E-state index is 0.0145. The molecule has 1 aromatic carbocycles. The van der Waals surface area contributed by atoms with Crippen LogP contribution < -0.4 is 0 Å². The monoisotopic (exact) mass is 269 g/mol. The first-order valence-electron chi connectivity index (χ1n) is 5.62. The lowest BCUT2D eigenvalue weighted by atomic mass is 10.1. The van der Waals surface area contributed by atoms with Crippen molar-refractivity contribution < 1.29 is 18.3 Å². The normalized spacial score (nSPS) is 17.9. The zero-order chi connectivity index (χ0) is 13.6. The minimum atomic E-state index is -3.75. The summed E-state index contributed by atoms with van der Waals surface area (Å²) in [4.78, 5) is 12.0. The molecule has 0 saturated carbocycles. The molecule has 1 aliphatic rings. The van der Waals surface area contributed by atoms with Crippen LogP contribution in [0, 0.1) is 0 Å². The van der Waals surface area contributed by atoms with Crippen LogP contribution in [0.1, 0.15) is 30.6 Å². The van der Waals surface area contributed by atoms with Gasteiger partial charge in [-0.1, -0.05) is 12.1 Å². The van der Waals surface area contributed by atoms with Crippen molar-refractivity contribution in [2.75, 3.05) is 6.54 Å². The third-order valence-electron chi connectivity index (χ3n) is 2.84. The number of hydrogen-bond donors (Lipinski definition) is 1. The first-order chi connectivity index (χ1) is 8.23. The van der Waals surface area contributed by atoms with Crippen LogP contribution in [0.15, 0.2) is 29.2 Å². The lowest BCUT2D eigenvalue weighted by Gasteiger charge is -2.21. The molecule has 0 unspecified atom stereocenters. The number of aliphatic hydroxyl groups is 1. The van der Waals surface area contributed by atoms with Gasteiger partial charge in [0.05, 0.1) is 11.2 Å². The van der Waals surface area contributed by atoms with Crippen LogP contribution in [0.25, 0.3) is 0 Å². The molecular weight excluding hydrogens is 254 g/mol. The van der Waals surface area contributed by atoms with Gasteiger partial charge in [0, 0.05) is 6.54 Å². The summed E-state index contributed by atoms with van der Waals surface area (Å²) in [5, 5.41) is 9.62. The van der Waals surface area contributed by atoms with Gasteiger partial charge in [-0.2, -0.15) is 0 Å². The zero-order valence-electron chi connectivity index (χ0n) is 10.3. The molecule has 18 heavy (non-hydrogen) atoms. The molecule has 0 bridgehead atoms. The fraction of sp³-hybridized carbons (Fsp3) is 0.417. The number of sulfonamides is 1. The molecule has 5 nitrogen and oxygen atoms in total. The highest BCUT2D eigenvalue weighted by molar-refractivity contribution is 7.90. The van der Waals surface area contributed by atoms with Crippen LogP contribution in [0.2, 0.25) is 0 Å². The Balaban J connectivity index is 2.34. The molecule has 1 heterocycles. The van der Waals surface area contributed by atoms with E-state index in [0.717, 1.165) is 4.31 Å². The Labute approximate surface area is 106 Å². The molecule has 0 spiro atoms. The molecule has 0 saturated heterocycles. The topological polar surface area (TPSA) is 74.7 Å². The molecule has 0 radical (unpaired) electrons. The Morgan fingerprint density at radius 3 is 2.44 bits per heavy atom. The highest BCUT2D eigenvalue weighted by Gasteiger charge is 2.40. The number of rotatable bonds is 3. The molecule has 1 aromatic rings. The number of hydrogen-bond acceptors (Lipinski definition) is 4. The highest BCUT2D eigenvalue weighted by atomic mass is 32.2. The van der Waals surface area contributed by atoms with E-state index in [1.54, 1.807) is 26.0 Å². The number of nitrogens with zero attached hydrogens (tertiary/aromatic N) is 1. The molecule has 0 fully saturated rings. The zero-order valence-corrected chi connectivity index (χ0v) is 11.1. The Morgan fingerprint density at radius 2 is 1.89 bits per heavy atom. The van der Waals surface area contributed by atoms with Gasteiger partial charge in [-0.25, -0.2) is 12.7 Å². The number of carbonyl (C=O) groups is 1. The molecule has 0 atom stereocenters. The first-order valence-corrected chi connectivity index (χ1v) is 7.06. The fourth-order valence-corrected chi connectivity index (χ4v) is 3.40. The quantitative estimate of drug-likeness (QED) is 0.888. The number of fused-ring (bicyclic) bond motifs is 1. The lowest BCUT2D eigenvalue weighted by molar-refractivity contribution is 0.0616. The third kappa shape index (κ3) is 2.13. The van der Waals surface area contributed by atoms with Crippen molar-refractivity contribution in [2.45, 2.75) is 30.8 Å². The minimum Gasteiger partial charge on any atom is -0.390 e. The molecule has 1 aliphatic heterocycles. The van der Waals surface area contributed by atoms with E-state index in [4.69, 9.17) is 0 Å². The summed E-state index contributed by atoms with van der Waals surface area (Å²) in [5.74, 6) is -0.519. The van der Waals surface area contributed by atoms with E-state index in [0.29, 0.717) is 0 Å². The van der Waals surface area contributed by atoms with Gasteiger partial charge >= 0.3 is 0 Å². The van der Waals surface area contributed by atoms with Crippen LogP contribution in [-0.2, 0) is 10.0 Å². The first kappa shape index (κ1) is 13.0. The summed E-state index contributed by atoms with van der Waals surface area (Å²) < 4.78 is 25.1. The van der Waals surface area contributed by atoms with Gasteiger partial charge < -0.3 is 5.11 Å². The van der Waals surface area contributed by atoms with Crippen molar-refractivity contribution in [3.8, 4) is 0 Å². The van der Waals surface area contributed by atoms with E-state index in [2.05, 4.69) is 0 Å². The summed E-state index contributed by atoms with van der Waals surface area (Å²) in [7, 11) is -3.75. The van der Waals surface area contributed by atoms with Gasteiger partial charge in [-0.05, 0) is 32.4 Å². The Morgan fingerprint density at radius 1 is 1.28 bits per heavy atom. The van der Waals surface area contributed by atoms with Crippen molar-refractivity contribution >= 4 is 15.9 Å². The van der Waals surface area contributed by atoms with Gasteiger partial charge in [0.2, 0.25) is 0 Å². The van der Waals surface area contributed by atoms with Crippen LogP contribution in [0.4, 0.5) is 0 Å². The van der Waals surface area contributed by atoms with Crippen LogP contribution in [0.3, 0.4) is 0 Å². The van der Waals surface area contributed by atoms with Crippen molar-refractivity contribution in [1.29, 1.82) is 0 Å². The third-order valence-corrected chi connectivity index (χ3v) is 4.68. The fourth-order valence-electron chi connectivity index (χ4n) is 1.83. The smallest absolute Gasteiger partial charge is 0.269 e. The van der Waals surface area contributed by atoms with Crippen LogP contribution in [-0.4, -0.2) is 35.9 Å². The second-order valence-electron chi connectivity index (χ2n) is 4.94. The molecule has 0 aliphatic carbocycles. The lowest BCUT2D eigenvalue weighted by Crippen LogP contribution is -2.35. The number of carbonyl (C=O) groups excluding carboxylic acids is 1. The maximum absolute atomic E-state index is 12.1. The van der Waals surface area contributed by atoms with E-state index in [1.807, 2.05) is 0 Å². The Bertz CT molecular complexity index is 586. The summed E-state index contributed by atoms with van der Waals surface area (Å²) >= 11 is 0. The van der Waals surface area contributed by atoms with Crippen molar-refractivity contribution in [2.24, 2.45) is 0 Å². The van der Waals surface area contributed by atoms with Crippen LogP contribution in [0.5, 0.6) is 0 Å². The van der Waals surface area contributed by atoms with E-state index >= 15 is 0 Å². The molecule has 0 aromatic heterocycles. The van der Waals surface area contributed by atoms with Crippen LogP contribution >= 0.6 is 0 Å². The summed E-state index contributed by atoms with van der Waals surface area (Å²) in [6.45, 7) is 3.14. The van der Waals surface area contributed by atoms with E-state index < -0.39 is 21.5 Å². The maximum atomic E-state index is 12.1. The van der Waals surface area contributed by atoms with E-state index in [9.17, 15) is 18.3 Å².